The number of hydrogen-bond acceptors (Lipinski definition) is 4. The Labute approximate surface area is 158 Å². The number of carbonyl (C=O) groups is 1. The Hall–Kier alpha value is -3.34. The molecule has 3 aromatic rings. The third-order valence-corrected chi connectivity index (χ3v) is 4.25. The number of rotatable bonds is 7. The van der Waals surface area contributed by atoms with Crippen molar-refractivity contribution < 1.29 is 14.4 Å². The van der Waals surface area contributed by atoms with E-state index < -0.39 is 0 Å². The van der Waals surface area contributed by atoms with Crippen LogP contribution in [0.15, 0.2) is 71.9 Å². The maximum Gasteiger partial charge on any atom is 0.261 e. The van der Waals surface area contributed by atoms with Crippen molar-refractivity contribution in [3.63, 3.8) is 0 Å². The molecule has 3 rings (SSSR count). The molecule has 0 aliphatic rings. The van der Waals surface area contributed by atoms with Crippen LogP contribution in [0.5, 0.6) is 5.75 Å². The van der Waals surface area contributed by atoms with Gasteiger partial charge in [-0.05, 0) is 41.5 Å². The highest BCUT2D eigenvalue weighted by atomic mass is 16.6. The topological polar surface area (TPSA) is 59.9 Å². The average molecular weight is 362 g/mol. The van der Waals surface area contributed by atoms with Gasteiger partial charge in [0, 0.05) is 5.56 Å². The molecule has 5 nitrogen and oxygen atoms in total. The molecule has 0 heterocycles. The van der Waals surface area contributed by atoms with Crippen molar-refractivity contribution in [3.05, 3.63) is 77.9 Å². The third kappa shape index (κ3) is 4.85. The lowest BCUT2D eigenvalue weighted by Crippen LogP contribution is -2.29. The number of para-hydroxylation sites is 1. The van der Waals surface area contributed by atoms with Crippen molar-refractivity contribution in [1.82, 2.24) is 5.32 Å². The zero-order valence-corrected chi connectivity index (χ0v) is 15.4. The molecule has 0 saturated heterocycles. The largest absolute Gasteiger partial charge is 0.496 e. The van der Waals surface area contributed by atoms with E-state index in [-0.39, 0.29) is 18.6 Å². The zero-order chi connectivity index (χ0) is 19.1. The Morgan fingerprint density at radius 3 is 2.63 bits per heavy atom. The van der Waals surface area contributed by atoms with Crippen LogP contribution in [0.4, 0.5) is 0 Å². The summed E-state index contributed by atoms with van der Waals surface area (Å²) in [6.45, 7) is 1.80. The van der Waals surface area contributed by atoms with Crippen LogP contribution >= 0.6 is 0 Å². The fraction of sp³-hybridized carbons (Fsp3) is 0.182. The predicted octanol–water partition coefficient (Wildman–Crippen LogP) is 4.08. The summed E-state index contributed by atoms with van der Waals surface area (Å²) in [6.07, 6.45) is 1.53. The monoisotopic (exact) mass is 362 g/mol. The minimum Gasteiger partial charge on any atom is -0.496 e. The number of fused-ring (bicyclic) bond motifs is 1. The minimum absolute atomic E-state index is 0.121. The summed E-state index contributed by atoms with van der Waals surface area (Å²) in [5.41, 5.74) is 1.82. The number of ether oxygens (including phenoxy) is 1. The molecule has 0 saturated carbocycles. The highest BCUT2D eigenvalue weighted by molar-refractivity contribution is 5.84. The van der Waals surface area contributed by atoms with Gasteiger partial charge in [0.2, 0.25) is 0 Å². The number of methoxy groups -OCH3 is 1. The number of oxime groups is 1. The van der Waals surface area contributed by atoms with Gasteiger partial charge in [-0.3, -0.25) is 4.79 Å². The SMILES string of the molecule is COc1ccccc1/C=N\OCC(=O)N[C@H](C)c1ccc2ccccc2c1. The number of nitrogens with zero attached hydrogens (tertiary/aromatic N) is 1. The first-order valence-electron chi connectivity index (χ1n) is 8.74. The molecule has 0 bridgehead atoms. The molecule has 0 fully saturated rings. The van der Waals surface area contributed by atoms with Gasteiger partial charge in [-0.2, -0.15) is 0 Å². The van der Waals surface area contributed by atoms with Crippen molar-refractivity contribution in [2.75, 3.05) is 13.7 Å². The van der Waals surface area contributed by atoms with Crippen LogP contribution in [0.3, 0.4) is 0 Å². The maximum atomic E-state index is 12.1. The summed E-state index contributed by atoms with van der Waals surface area (Å²) in [5.74, 6) is 0.465. The maximum absolute atomic E-state index is 12.1. The molecule has 5 heteroatoms. The molecule has 0 aromatic heterocycles. The van der Waals surface area contributed by atoms with Gasteiger partial charge in [0.25, 0.3) is 5.91 Å². The van der Waals surface area contributed by atoms with Crippen molar-refractivity contribution in [3.8, 4) is 5.75 Å². The molecule has 27 heavy (non-hydrogen) atoms. The van der Waals surface area contributed by atoms with E-state index in [9.17, 15) is 4.79 Å². The van der Waals surface area contributed by atoms with Crippen molar-refractivity contribution in [1.29, 1.82) is 0 Å². The summed E-state index contributed by atoms with van der Waals surface area (Å²) < 4.78 is 5.23. The van der Waals surface area contributed by atoms with E-state index in [1.54, 1.807) is 7.11 Å². The Bertz CT molecular complexity index is 953. The molecule has 0 aliphatic heterocycles. The number of carbonyl (C=O) groups excluding carboxylic acids is 1. The molecular weight excluding hydrogens is 340 g/mol. The van der Waals surface area contributed by atoms with E-state index in [1.807, 2.05) is 49.4 Å². The van der Waals surface area contributed by atoms with Crippen LogP contribution < -0.4 is 10.1 Å². The fourth-order valence-electron chi connectivity index (χ4n) is 2.81. The van der Waals surface area contributed by atoms with Crippen LogP contribution in [0.2, 0.25) is 0 Å². The molecule has 1 N–H and O–H groups in total. The van der Waals surface area contributed by atoms with Crippen LogP contribution in [0, 0.1) is 0 Å². The first-order valence-corrected chi connectivity index (χ1v) is 8.74. The zero-order valence-electron chi connectivity index (χ0n) is 15.4. The second kappa shape index (κ2) is 8.85. The second-order valence-corrected chi connectivity index (χ2v) is 6.15. The molecule has 3 aromatic carbocycles. The normalized spacial score (nSPS) is 12.1. The van der Waals surface area contributed by atoms with Gasteiger partial charge >= 0.3 is 0 Å². The highest BCUT2D eigenvalue weighted by Crippen LogP contribution is 2.20. The molecular formula is C22H22N2O3. The molecule has 138 valence electrons. The van der Waals surface area contributed by atoms with E-state index in [0.717, 1.165) is 16.5 Å². The molecule has 0 unspecified atom stereocenters. The molecule has 0 aliphatic carbocycles. The molecule has 1 amide bonds. The van der Waals surface area contributed by atoms with Gasteiger partial charge < -0.3 is 14.9 Å². The molecule has 1 atom stereocenters. The van der Waals surface area contributed by atoms with Gasteiger partial charge in [0.05, 0.1) is 19.4 Å². The summed E-state index contributed by atoms with van der Waals surface area (Å²) in [4.78, 5) is 17.2. The van der Waals surface area contributed by atoms with E-state index in [2.05, 4.69) is 34.7 Å². The Kier molecular flexibility index (Phi) is 6.05. The van der Waals surface area contributed by atoms with Crippen LogP contribution in [0.25, 0.3) is 10.8 Å². The lowest BCUT2D eigenvalue weighted by molar-refractivity contribution is -0.126. The van der Waals surface area contributed by atoms with Crippen molar-refractivity contribution >= 4 is 22.9 Å². The Morgan fingerprint density at radius 2 is 1.81 bits per heavy atom. The van der Waals surface area contributed by atoms with Gasteiger partial charge in [-0.1, -0.05) is 53.7 Å². The number of benzene rings is 3. The second-order valence-electron chi connectivity index (χ2n) is 6.15. The first kappa shape index (κ1) is 18.5. The van der Waals surface area contributed by atoms with Crippen molar-refractivity contribution in [2.45, 2.75) is 13.0 Å². The lowest BCUT2D eigenvalue weighted by Gasteiger charge is -2.14. The standard InChI is InChI=1S/C22H22N2O3/c1-16(18-12-11-17-7-3-4-8-19(17)13-18)24-22(25)15-27-23-14-20-9-5-6-10-21(20)26-2/h3-14,16H,15H2,1-2H3,(H,24,25)/b23-14-/t16-/m1/s1. The van der Waals surface area contributed by atoms with E-state index in [0.29, 0.717) is 5.75 Å². The van der Waals surface area contributed by atoms with Gasteiger partial charge in [-0.25, -0.2) is 0 Å². The molecule has 0 spiro atoms. The fourth-order valence-corrected chi connectivity index (χ4v) is 2.81. The summed E-state index contributed by atoms with van der Waals surface area (Å²) in [5, 5.41) is 9.09. The van der Waals surface area contributed by atoms with Crippen molar-refractivity contribution in [2.24, 2.45) is 5.16 Å². The number of nitrogens with one attached hydrogen (secondary N) is 1. The Morgan fingerprint density at radius 1 is 1.07 bits per heavy atom. The quantitative estimate of drug-likeness (QED) is 0.509. The summed E-state index contributed by atoms with van der Waals surface area (Å²) in [6, 6.07) is 21.6. The first-order chi connectivity index (χ1) is 13.2. The van der Waals surface area contributed by atoms with Gasteiger partial charge in [0.15, 0.2) is 6.61 Å². The van der Waals surface area contributed by atoms with E-state index in [1.165, 1.54) is 11.6 Å². The third-order valence-electron chi connectivity index (χ3n) is 4.25. The smallest absolute Gasteiger partial charge is 0.261 e. The predicted molar refractivity (Wildman–Crippen MR) is 107 cm³/mol. The Balaban J connectivity index is 1.53. The van der Waals surface area contributed by atoms with E-state index >= 15 is 0 Å². The van der Waals surface area contributed by atoms with Gasteiger partial charge in [-0.15, -0.1) is 0 Å². The number of hydrogen-bond donors (Lipinski definition) is 1. The van der Waals surface area contributed by atoms with Crippen LogP contribution in [-0.2, 0) is 9.63 Å². The minimum atomic E-state index is -0.229. The summed E-state index contributed by atoms with van der Waals surface area (Å²) in [7, 11) is 1.59. The lowest BCUT2D eigenvalue weighted by atomic mass is 10.0. The van der Waals surface area contributed by atoms with Crippen LogP contribution in [-0.4, -0.2) is 25.8 Å². The number of amides is 1. The van der Waals surface area contributed by atoms with Crippen LogP contribution in [0.1, 0.15) is 24.1 Å². The van der Waals surface area contributed by atoms with Gasteiger partial charge in [0.1, 0.15) is 5.75 Å². The van der Waals surface area contributed by atoms with E-state index in [4.69, 9.17) is 9.57 Å². The summed E-state index contributed by atoms with van der Waals surface area (Å²) >= 11 is 0. The highest BCUT2D eigenvalue weighted by Gasteiger charge is 2.10. The average Bonchev–Trinajstić information content (AvgIpc) is 2.71. The molecule has 0 radical (unpaired) electrons.